The van der Waals surface area contributed by atoms with E-state index in [1.165, 1.54) is 6.07 Å². The molecule has 0 N–H and O–H groups in total. The third-order valence-electron chi connectivity index (χ3n) is 1.91. The van der Waals surface area contributed by atoms with Crippen molar-refractivity contribution in [3.05, 3.63) is 40.6 Å². The van der Waals surface area contributed by atoms with Gasteiger partial charge < -0.3 is 5.21 Å². The summed E-state index contributed by atoms with van der Waals surface area (Å²) in [6.07, 6.45) is 0.935. The summed E-state index contributed by atoms with van der Waals surface area (Å²) in [4.78, 5) is 0. The van der Waals surface area contributed by atoms with Gasteiger partial charge in [-0.2, -0.15) is 0 Å². The summed E-state index contributed by atoms with van der Waals surface area (Å²) in [7, 11) is 0. The largest absolute Gasteiger partial charge is 0.623 e. The zero-order valence-electron chi connectivity index (χ0n) is 8.92. The first kappa shape index (κ1) is 11.6. The van der Waals surface area contributed by atoms with Crippen molar-refractivity contribution in [2.45, 2.75) is 26.3 Å². The topological polar surface area (TPSA) is 26.1 Å². The molecule has 0 aliphatic heterocycles. The third-order valence-corrected chi connectivity index (χ3v) is 1.91. The molecular weight excluding hydrogens is 200 g/mol. The Labute approximate surface area is 87.4 Å². The van der Waals surface area contributed by atoms with E-state index in [0.29, 0.717) is 4.74 Å². The molecule has 0 aromatic heterocycles. The quantitative estimate of drug-likeness (QED) is 0.305. The summed E-state index contributed by atoms with van der Waals surface area (Å²) in [5, 5.41) is 11.5. The van der Waals surface area contributed by atoms with Gasteiger partial charge in [-0.15, -0.1) is 0 Å². The van der Waals surface area contributed by atoms with Crippen molar-refractivity contribution in [3.63, 3.8) is 0 Å². The highest BCUT2D eigenvalue weighted by Crippen LogP contribution is 2.11. The first-order valence-corrected chi connectivity index (χ1v) is 4.58. The lowest BCUT2D eigenvalue weighted by molar-refractivity contribution is -0.530. The summed E-state index contributed by atoms with van der Waals surface area (Å²) in [5.41, 5.74) is -1.02. The molecule has 0 spiro atoms. The zero-order valence-corrected chi connectivity index (χ0v) is 8.92. The van der Waals surface area contributed by atoms with Gasteiger partial charge >= 0.3 is 0 Å². The first-order valence-electron chi connectivity index (χ1n) is 4.58. The molecule has 82 valence electrons. The molecule has 0 radical (unpaired) electrons. The van der Waals surface area contributed by atoms with Crippen molar-refractivity contribution >= 4 is 6.21 Å². The van der Waals surface area contributed by atoms with E-state index in [0.717, 1.165) is 18.3 Å². The number of rotatable bonds is 1. The van der Waals surface area contributed by atoms with Crippen LogP contribution < -0.4 is 0 Å². The second-order valence-corrected chi connectivity index (χ2v) is 4.26. The first-order chi connectivity index (χ1) is 6.82. The van der Waals surface area contributed by atoms with E-state index >= 15 is 0 Å². The summed E-state index contributed by atoms with van der Waals surface area (Å²) in [6.45, 7) is 4.99. The van der Waals surface area contributed by atoms with E-state index in [9.17, 15) is 14.0 Å². The lowest BCUT2D eigenvalue weighted by atomic mass is 10.1. The predicted molar refractivity (Wildman–Crippen MR) is 54.9 cm³/mol. The molecule has 15 heavy (non-hydrogen) atoms. The van der Waals surface area contributed by atoms with Crippen LogP contribution in [0.3, 0.4) is 0 Å². The van der Waals surface area contributed by atoms with Crippen molar-refractivity contribution in [1.82, 2.24) is 0 Å². The van der Waals surface area contributed by atoms with Crippen LogP contribution in [0.1, 0.15) is 26.3 Å². The average molecular weight is 213 g/mol. The number of hydroxylamine groups is 1. The molecule has 2 nitrogen and oxygen atoms in total. The normalized spacial score (nSPS) is 13.0. The second-order valence-electron chi connectivity index (χ2n) is 4.26. The van der Waals surface area contributed by atoms with Crippen LogP contribution in [0.5, 0.6) is 0 Å². The van der Waals surface area contributed by atoms with Crippen LogP contribution in [0.4, 0.5) is 8.78 Å². The minimum atomic E-state index is -0.736. The van der Waals surface area contributed by atoms with Crippen molar-refractivity contribution in [2.24, 2.45) is 0 Å². The predicted octanol–water partition coefficient (Wildman–Crippen LogP) is 2.69. The second kappa shape index (κ2) is 3.96. The Bertz CT molecular complexity index is 374. The van der Waals surface area contributed by atoms with E-state index in [1.807, 2.05) is 0 Å². The molecule has 0 aliphatic carbocycles. The van der Waals surface area contributed by atoms with Crippen molar-refractivity contribution < 1.29 is 13.5 Å². The van der Waals surface area contributed by atoms with Gasteiger partial charge in [-0.25, -0.2) is 13.5 Å². The Kier molecular flexibility index (Phi) is 3.07. The van der Waals surface area contributed by atoms with Gasteiger partial charge in [0.1, 0.15) is 17.2 Å². The van der Waals surface area contributed by atoms with Gasteiger partial charge in [0.15, 0.2) is 11.8 Å². The Balaban J connectivity index is 3.19. The van der Waals surface area contributed by atoms with Gasteiger partial charge in [0.25, 0.3) is 0 Å². The average Bonchev–Trinajstić information content (AvgIpc) is 2.09. The highest BCUT2D eigenvalue weighted by molar-refractivity contribution is 5.76. The fourth-order valence-corrected chi connectivity index (χ4v) is 0.945. The Morgan fingerprint density at radius 3 is 2.07 bits per heavy atom. The minimum Gasteiger partial charge on any atom is -0.623 e. The summed E-state index contributed by atoms with van der Waals surface area (Å²) >= 11 is 0. The van der Waals surface area contributed by atoms with E-state index in [4.69, 9.17) is 0 Å². The summed E-state index contributed by atoms with van der Waals surface area (Å²) in [6, 6.07) is 3.49. The maximum absolute atomic E-state index is 13.2. The number of nitrogens with zero attached hydrogens (tertiary/aromatic N) is 1. The van der Waals surface area contributed by atoms with Gasteiger partial charge in [-0.1, -0.05) is 6.07 Å². The lowest BCUT2D eigenvalue weighted by Crippen LogP contribution is -2.29. The third kappa shape index (κ3) is 2.75. The van der Waals surface area contributed by atoms with Crippen LogP contribution in [0.2, 0.25) is 0 Å². The van der Waals surface area contributed by atoms with E-state index in [1.54, 1.807) is 20.8 Å². The SMILES string of the molecule is CC(C)(C)[N+]([O-])=Cc1c(F)cccc1F. The standard InChI is InChI=1S/C11H13F2NO/c1-11(2,3)14(15)7-8-9(12)5-4-6-10(8)13/h4-7H,1-3H3. The van der Waals surface area contributed by atoms with Crippen LogP contribution in [-0.2, 0) is 0 Å². The monoisotopic (exact) mass is 213 g/mol. The van der Waals surface area contributed by atoms with Crippen molar-refractivity contribution in [1.29, 1.82) is 0 Å². The molecule has 4 heteroatoms. The minimum absolute atomic E-state index is 0.303. The summed E-state index contributed by atoms with van der Waals surface area (Å²) < 4.78 is 26.9. The van der Waals surface area contributed by atoms with Gasteiger partial charge in [0, 0.05) is 20.8 Å². The van der Waals surface area contributed by atoms with Gasteiger partial charge in [-0.3, -0.25) is 0 Å². The van der Waals surface area contributed by atoms with E-state index < -0.39 is 17.2 Å². The molecular formula is C11H13F2NO. The molecule has 1 aromatic rings. The maximum atomic E-state index is 13.2. The smallest absolute Gasteiger partial charge is 0.188 e. The Morgan fingerprint density at radius 1 is 1.20 bits per heavy atom. The lowest BCUT2D eigenvalue weighted by Gasteiger charge is -2.18. The molecule has 0 saturated carbocycles. The summed E-state index contributed by atoms with van der Waals surface area (Å²) in [5.74, 6) is -1.47. The van der Waals surface area contributed by atoms with Crippen LogP contribution in [0.25, 0.3) is 0 Å². The molecule has 0 bridgehead atoms. The molecule has 1 rings (SSSR count). The number of benzene rings is 1. The number of hydrogen-bond acceptors (Lipinski definition) is 1. The highest BCUT2D eigenvalue weighted by Gasteiger charge is 2.20. The fraction of sp³-hybridized carbons (Fsp3) is 0.364. The van der Waals surface area contributed by atoms with Crippen molar-refractivity contribution in [3.8, 4) is 0 Å². The van der Waals surface area contributed by atoms with E-state index in [2.05, 4.69) is 0 Å². The molecule has 0 atom stereocenters. The molecule has 0 unspecified atom stereocenters. The van der Waals surface area contributed by atoms with Crippen LogP contribution in [0.15, 0.2) is 18.2 Å². The molecule has 0 amide bonds. The maximum Gasteiger partial charge on any atom is 0.188 e. The van der Waals surface area contributed by atoms with Crippen LogP contribution >= 0.6 is 0 Å². The Morgan fingerprint density at radius 2 is 1.67 bits per heavy atom. The van der Waals surface area contributed by atoms with Gasteiger partial charge in [0.05, 0.1) is 0 Å². The zero-order chi connectivity index (χ0) is 11.6. The molecule has 0 aliphatic rings. The molecule has 1 aromatic carbocycles. The van der Waals surface area contributed by atoms with Gasteiger partial charge in [0.2, 0.25) is 0 Å². The molecule has 0 heterocycles. The molecule has 0 saturated heterocycles. The van der Waals surface area contributed by atoms with E-state index in [-0.39, 0.29) is 5.56 Å². The fourth-order valence-electron chi connectivity index (χ4n) is 0.945. The van der Waals surface area contributed by atoms with Crippen molar-refractivity contribution in [2.75, 3.05) is 0 Å². The number of hydrogen-bond donors (Lipinski definition) is 0. The highest BCUT2D eigenvalue weighted by atomic mass is 19.1. The van der Waals surface area contributed by atoms with Crippen LogP contribution in [-0.4, -0.2) is 16.5 Å². The van der Waals surface area contributed by atoms with Gasteiger partial charge in [-0.05, 0) is 12.1 Å². The Hall–Kier alpha value is -1.45. The number of halogens is 2. The molecule has 0 fully saturated rings. The van der Waals surface area contributed by atoms with Crippen LogP contribution in [0, 0.1) is 16.8 Å².